The van der Waals surface area contributed by atoms with Gasteiger partial charge in [0, 0.05) is 23.1 Å². The maximum Gasteiger partial charge on any atom is 0.312 e. The molecule has 110 valence electrons. The highest BCUT2D eigenvalue weighted by Crippen LogP contribution is 2.17. The number of benzene rings is 1. The number of primary amides is 1. The van der Waals surface area contributed by atoms with Crippen LogP contribution in [0.4, 0.5) is 9.18 Å². The quantitative estimate of drug-likeness (QED) is 0.856. The van der Waals surface area contributed by atoms with Crippen LogP contribution in [0.25, 0.3) is 0 Å². The minimum Gasteiger partial charge on any atom is -0.352 e. The number of likely N-dealkylation sites (N-methyl/N-ethyl adjacent to an activating group) is 1. The molecule has 0 spiro atoms. The Labute approximate surface area is 125 Å². The van der Waals surface area contributed by atoms with Gasteiger partial charge < -0.3 is 16.0 Å². The van der Waals surface area contributed by atoms with Crippen molar-refractivity contribution in [2.24, 2.45) is 5.73 Å². The number of carbonyl (C=O) groups is 2. The second-order valence-corrected chi connectivity index (χ2v) is 5.23. The third-order valence-corrected chi connectivity index (χ3v) is 3.28. The van der Waals surface area contributed by atoms with E-state index in [4.69, 9.17) is 5.73 Å². The molecular weight excluding hydrogens is 329 g/mol. The zero-order valence-electron chi connectivity index (χ0n) is 11.3. The normalized spacial score (nSPS) is 11.8. The second kappa shape index (κ2) is 7.23. The van der Waals surface area contributed by atoms with Crippen LogP contribution in [0.15, 0.2) is 22.7 Å². The lowest BCUT2D eigenvalue weighted by Gasteiger charge is -2.25. The van der Waals surface area contributed by atoms with Crippen molar-refractivity contribution in [2.75, 3.05) is 6.54 Å². The van der Waals surface area contributed by atoms with Crippen LogP contribution in [0, 0.1) is 5.82 Å². The first-order valence-electron chi connectivity index (χ1n) is 6.13. The van der Waals surface area contributed by atoms with Crippen molar-refractivity contribution in [3.63, 3.8) is 0 Å². The van der Waals surface area contributed by atoms with Crippen LogP contribution in [0.5, 0.6) is 0 Å². The summed E-state index contributed by atoms with van der Waals surface area (Å²) in [5.41, 5.74) is 5.39. The van der Waals surface area contributed by atoms with E-state index in [1.165, 1.54) is 17.9 Å². The number of urea groups is 1. The lowest BCUT2D eigenvalue weighted by molar-refractivity contribution is -0.133. The molecule has 5 nitrogen and oxygen atoms in total. The van der Waals surface area contributed by atoms with Crippen molar-refractivity contribution in [1.82, 2.24) is 10.2 Å². The van der Waals surface area contributed by atoms with E-state index in [9.17, 15) is 14.0 Å². The van der Waals surface area contributed by atoms with Gasteiger partial charge in [-0.2, -0.15) is 0 Å². The first-order chi connectivity index (χ1) is 9.35. The number of amides is 3. The molecule has 0 fully saturated rings. The monoisotopic (exact) mass is 345 g/mol. The first kappa shape index (κ1) is 16.4. The molecule has 1 aromatic rings. The first-order valence-corrected chi connectivity index (χ1v) is 6.93. The summed E-state index contributed by atoms with van der Waals surface area (Å²) in [5.74, 6) is -0.694. The standard InChI is InChI=1S/C13H17BrFN3O2/c1-3-18(12(19)8(2)17-13(16)20)7-9-6-10(14)4-5-11(9)15/h4-6,8H,3,7H2,1-2H3,(H3,16,17,20)/t8-/m0/s1. The van der Waals surface area contributed by atoms with Crippen LogP contribution in [0.2, 0.25) is 0 Å². The van der Waals surface area contributed by atoms with Gasteiger partial charge in [0.05, 0.1) is 0 Å². The second-order valence-electron chi connectivity index (χ2n) is 4.32. The van der Waals surface area contributed by atoms with Crippen molar-refractivity contribution >= 4 is 27.9 Å². The molecule has 3 amide bonds. The third-order valence-electron chi connectivity index (χ3n) is 2.79. The number of hydrogen-bond acceptors (Lipinski definition) is 2. The summed E-state index contributed by atoms with van der Waals surface area (Å²) in [4.78, 5) is 24.3. The Morgan fingerprint density at radius 1 is 1.50 bits per heavy atom. The van der Waals surface area contributed by atoms with E-state index in [0.29, 0.717) is 12.1 Å². The summed E-state index contributed by atoms with van der Waals surface area (Å²) in [6.45, 7) is 3.85. The number of nitrogens with two attached hydrogens (primary N) is 1. The summed E-state index contributed by atoms with van der Waals surface area (Å²) in [7, 11) is 0. The predicted molar refractivity (Wildman–Crippen MR) is 77.4 cm³/mol. The van der Waals surface area contributed by atoms with E-state index in [0.717, 1.165) is 4.47 Å². The summed E-state index contributed by atoms with van der Waals surface area (Å²) >= 11 is 3.26. The molecule has 7 heteroatoms. The summed E-state index contributed by atoms with van der Waals surface area (Å²) in [5, 5.41) is 2.31. The molecule has 0 aliphatic carbocycles. The van der Waals surface area contributed by atoms with Gasteiger partial charge in [-0.1, -0.05) is 15.9 Å². The largest absolute Gasteiger partial charge is 0.352 e. The highest BCUT2D eigenvalue weighted by molar-refractivity contribution is 9.10. The Hall–Kier alpha value is -1.63. The van der Waals surface area contributed by atoms with Gasteiger partial charge in [0.1, 0.15) is 11.9 Å². The number of halogens is 2. The van der Waals surface area contributed by atoms with Crippen LogP contribution < -0.4 is 11.1 Å². The van der Waals surface area contributed by atoms with Crippen molar-refractivity contribution in [2.45, 2.75) is 26.4 Å². The lowest BCUT2D eigenvalue weighted by Crippen LogP contribution is -2.48. The molecule has 0 heterocycles. The molecule has 0 aliphatic heterocycles. The van der Waals surface area contributed by atoms with E-state index >= 15 is 0 Å². The summed E-state index contributed by atoms with van der Waals surface area (Å²) < 4.78 is 14.4. The van der Waals surface area contributed by atoms with E-state index < -0.39 is 12.1 Å². The average Bonchev–Trinajstić information content (AvgIpc) is 2.38. The fraction of sp³-hybridized carbons (Fsp3) is 0.385. The molecule has 0 saturated heterocycles. The summed E-state index contributed by atoms with van der Waals surface area (Å²) in [6, 6.07) is 3.03. The molecule has 1 atom stereocenters. The lowest BCUT2D eigenvalue weighted by atomic mass is 10.2. The molecule has 0 radical (unpaired) electrons. The molecule has 20 heavy (non-hydrogen) atoms. The zero-order valence-corrected chi connectivity index (χ0v) is 12.9. The van der Waals surface area contributed by atoms with Crippen LogP contribution in [-0.2, 0) is 11.3 Å². The minimum atomic E-state index is -0.768. The smallest absolute Gasteiger partial charge is 0.312 e. The van der Waals surface area contributed by atoms with Crippen LogP contribution >= 0.6 is 15.9 Å². The number of hydrogen-bond donors (Lipinski definition) is 2. The fourth-order valence-corrected chi connectivity index (χ4v) is 2.17. The number of nitrogens with one attached hydrogen (secondary N) is 1. The number of carbonyl (C=O) groups excluding carboxylic acids is 2. The maximum absolute atomic E-state index is 13.7. The van der Waals surface area contributed by atoms with Crippen LogP contribution in [-0.4, -0.2) is 29.4 Å². The zero-order chi connectivity index (χ0) is 15.3. The molecule has 0 aromatic heterocycles. The van der Waals surface area contributed by atoms with E-state index in [2.05, 4.69) is 21.2 Å². The number of nitrogens with zero attached hydrogens (tertiary/aromatic N) is 1. The molecule has 0 aliphatic rings. The Kier molecular flexibility index (Phi) is 5.94. The fourth-order valence-electron chi connectivity index (χ4n) is 1.76. The highest BCUT2D eigenvalue weighted by atomic mass is 79.9. The van der Waals surface area contributed by atoms with Crippen molar-refractivity contribution < 1.29 is 14.0 Å². The van der Waals surface area contributed by atoms with Gasteiger partial charge in [-0.05, 0) is 32.0 Å². The Balaban J connectivity index is 2.83. The molecular formula is C13H17BrFN3O2. The predicted octanol–water partition coefficient (Wildman–Crippen LogP) is 1.99. The van der Waals surface area contributed by atoms with Crippen LogP contribution in [0.3, 0.4) is 0 Å². The SMILES string of the molecule is CCN(Cc1cc(Br)ccc1F)C(=O)[C@H](C)NC(N)=O. The Morgan fingerprint density at radius 2 is 2.15 bits per heavy atom. The van der Waals surface area contributed by atoms with Gasteiger partial charge in [0.15, 0.2) is 0 Å². The molecule has 0 unspecified atom stereocenters. The van der Waals surface area contributed by atoms with Gasteiger partial charge in [-0.15, -0.1) is 0 Å². The average molecular weight is 346 g/mol. The molecule has 0 saturated carbocycles. The van der Waals surface area contributed by atoms with Crippen molar-refractivity contribution in [3.8, 4) is 0 Å². The molecule has 0 bridgehead atoms. The number of rotatable bonds is 5. The Bertz CT molecular complexity index is 510. The van der Waals surface area contributed by atoms with Gasteiger partial charge >= 0.3 is 6.03 Å². The maximum atomic E-state index is 13.7. The molecule has 1 rings (SSSR count). The summed E-state index contributed by atoms with van der Waals surface area (Å²) in [6.07, 6.45) is 0. The molecule has 3 N–H and O–H groups in total. The van der Waals surface area contributed by atoms with E-state index in [1.54, 1.807) is 19.1 Å². The van der Waals surface area contributed by atoms with Gasteiger partial charge in [-0.3, -0.25) is 4.79 Å². The molecule has 1 aromatic carbocycles. The van der Waals surface area contributed by atoms with E-state index in [1.807, 2.05) is 0 Å². The Morgan fingerprint density at radius 3 is 2.70 bits per heavy atom. The van der Waals surface area contributed by atoms with Gasteiger partial charge in [0.25, 0.3) is 0 Å². The minimum absolute atomic E-state index is 0.130. The van der Waals surface area contributed by atoms with E-state index in [-0.39, 0.29) is 18.3 Å². The van der Waals surface area contributed by atoms with Crippen LogP contribution in [0.1, 0.15) is 19.4 Å². The van der Waals surface area contributed by atoms with Crippen molar-refractivity contribution in [3.05, 3.63) is 34.1 Å². The topological polar surface area (TPSA) is 75.4 Å². The highest BCUT2D eigenvalue weighted by Gasteiger charge is 2.21. The van der Waals surface area contributed by atoms with Gasteiger partial charge in [-0.25, -0.2) is 9.18 Å². The van der Waals surface area contributed by atoms with Gasteiger partial charge in [0.2, 0.25) is 5.91 Å². The third kappa shape index (κ3) is 4.48. The van der Waals surface area contributed by atoms with Crippen molar-refractivity contribution in [1.29, 1.82) is 0 Å².